The fourth-order valence-corrected chi connectivity index (χ4v) is 9.29. The molecule has 0 saturated carbocycles. The van der Waals surface area contributed by atoms with E-state index < -0.39 is 5.54 Å². The molecule has 278 valence electrons. The number of nitrogens with two attached hydrogens (primary N) is 1. The number of nitrogens with one attached hydrogen (secondary N) is 1. The van der Waals surface area contributed by atoms with Crippen LogP contribution >= 0.6 is 0 Å². The molecule has 52 heavy (non-hydrogen) atoms. The first-order valence-corrected chi connectivity index (χ1v) is 20.5. The first-order chi connectivity index (χ1) is 24.9. The molecular formula is C50H68N2. The summed E-state index contributed by atoms with van der Waals surface area (Å²) in [7, 11) is 0. The second kappa shape index (κ2) is 17.0. The lowest BCUT2D eigenvalue weighted by Crippen LogP contribution is -2.47. The van der Waals surface area contributed by atoms with E-state index in [-0.39, 0.29) is 11.5 Å². The molecule has 2 heteroatoms. The predicted octanol–water partition coefficient (Wildman–Crippen LogP) is 13.9. The Kier molecular flexibility index (Phi) is 13.0. The lowest BCUT2D eigenvalue weighted by Gasteiger charge is -2.46. The predicted molar refractivity (Wildman–Crippen MR) is 228 cm³/mol. The van der Waals surface area contributed by atoms with Gasteiger partial charge in [-0.2, -0.15) is 0 Å². The zero-order valence-electron chi connectivity index (χ0n) is 34.1. The third-order valence-corrected chi connectivity index (χ3v) is 12.7. The molecule has 3 N–H and O–H groups in total. The van der Waals surface area contributed by atoms with Crippen LogP contribution in [0.3, 0.4) is 0 Å². The highest BCUT2D eigenvalue weighted by molar-refractivity contribution is 5.78. The van der Waals surface area contributed by atoms with Crippen molar-refractivity contribution in [3.63, 3.8) is 0 Å². The van der Waals surface area contributed by atoms with E-state index in [0.717, 1.165) is 44.9 Å². The van der Waals surface area contributed by atoms with Gasteiger partial charge in [-0.25, -0.2) is 0 Å². The van der Waals surface area contributed by atoms with Crippen molar-refractivity contribution in [2.24, 2.45) is 17.1 Å². The quantitative estimate of drug-likeness (QED) is 0.193. The van der Waals surface area contributed by atoms with Crippen LogP contribution in [-0.2, 0) is 0 Å². The highest BCUT2D eigenvalue weighted by atomic mass is 14.9. The van der Waals surface area contributed by atoms with E-state index in [4.69, 9.17) is 5.73 Å². The molecule has 0 saturated heterocycles. The van der Waals surface area contributed by atoms with Gasteiger partial charge in [0.05, 0.1) is 5.54 Å². The number of rotatable bonds is 14. The van der Waals surface area contributed by atoms with Crippen molar-refractivity contribution in [2.45, 2.75) is 144 Å². The van der Waals surface area contributed by atoms with Crippen LogP contribution in [0.1, 0.15) is 161 Å². The Bertz CT molecular complexity index is 1780. The van der Waals surface area contributed by atoms with E-state index >= 15 is 0 Å². The molecule has 3 aliphatic rings. The van der Waals surface area contributed by atoms with Gasteiger partial charge in [-0.1, -0.05) is 133 Å². The third-order valence-electron chi connectivity index (χ3n) is 12.7. The Labute approximate surface area is 317 Å². The first-order valence-electron chi connectivity index (χ1n) is 20.5. The number of allylic oxidation sites excluding steroid dienone is 10. The zero-order valence-corrected chi connectivity index (χ0v) is 34.1. The third kappa shape index (κ3) is 8.28. The Morgan fingerprint density at radius 1 is 0.962 bits per heavy atom. The average Bonchev–Trinajstić information content (AvgIpc) is 3.14. The minimum absolute atomic E-state index is 0.0398. The van der Waals surface area contributed by atoms with Crippen LogP contribution in [0.25, 0.3) is 11.1 Å². The van der Waals surface area contributed by atoms with Crippen LogP contribution in [-0.4, -0.2) is 5.54 Å². The SMILES string of the molecule is C=C(CC/C=C1\C(C)(CC)CC=C(c2ccc(C(C)C)cc2)C1(C)N)c1ccccc1C(C)NC1=C(C)CCC(C(CC)C2=CCCC=C2)=C1CC. The maximum absolute atomic E-state index is 7.36. The van der Waals surface area contributed by atoms with Crippen LogP contribution in [0, 0.1) is 11.3 Å². The van der Waals surface area contributed by atoms with Crippen molar-refractivity contribution in [1.82, 2.24) is 5.32 Å². The van der Waals surface area contributed by atoms with E-state index in [9.17, 15) is 0 Å². The van der Waals surface area contributed by atoms with E-state index in [1.165, 1.54) is 80.7 Å². The number of hydrogen-bond acceptors (Lipinski definition) is 2. The van der Waals surface area contributed by atoms with Crippen LogP contribution in [0.5, 0.6) is 0 Å². The molecule has 5 rings (SSSR count). The van der Waals surface area contributed by atoms with E-state index in [1.807, 2.05) is 0 Å². The van der Waals surface area contributed by atoms with Crippen LogP contribution < -0.4 is 11.1 Å². The highest BCUT2D eigenvalue weighted by Gasteiger charge is 2.42. The van der Waals surface area contributed by atoms with Crippen molar-refractivity contribution < 1.29 is 0 Å². The molecule has 0 spiro atoms. The van der Waals surface area contributed by atoms with Crippen LogP contribution in [0.4, 0.5) is 0 Å². The molecule has 4 unspecified atom stereocenters. The summed E-state index contributed by atoms with van der Waals surface area (Å²) < 4.78 is 0. The molecule has 0 amide bonds. The normalized spacial score (nSPS) is 24.2. The summed E-state index contributed by atoms with van der Waals surface area (Å²) in [6.07, 6.45) is 22.8. The molecule has 0 radical (unpaired) electrons. The molecule has 0 heterocycles. The van der Waals surface area contributed by atoms with Gasteiger partial charge in [0.1, 0.15) is 0 Å². The van der Waals surface area contributed by atoms with E-state index in [2.05, 4.69) is 153 Å². The van der Waals surface area contributed by atoms with Crippen molar-refractivity contribution in [2.75, 3.05) is 0 Å². The summed E-state index contributed by atoms with van der Waals surface area (Å²) in [6, 6.07) is 18.2. The fourth-order valence-electron chi connectivity index (χ4n) is 9.29. The molecule has 2 aromatic rings. The molecule has 2 aromatic carbocycles. The summed E-state index contributed by atoms with van der Waals surface area (Å²) in [5, 5.41) is 4.07. The summed E-state index contributed by atoms with van der Waals surface area (Å²) >= 11 is 0. The van der Waals surface area contributed by atoms with Gasteiger partial charge < -0.3 is 11.1 Å². The molecular weight excluding hydrogens is 629 g/mol. The number of hydrogen-bond donors (Lipinski definition) is 2. The van der Waals surface area contributed by atoms with Gasteiger partial charge in [0.25, 0.3) is 0 Å². The fraction of sp³-hybridized carbons (Fsp3) is 0.480. The average molecular weight is 697 g/mol. The molecule has 0 aromatic heterocycles. The minimum Gasteiger partial charge on any atom is -0.378 e. The maximum atomic E-state index is 7.36. The van der Waals surface area contributed by atoms with Crippen LogP contribution in [0.15, 0.2) is 119 Å². The van der Waals surface area contributed by atoms with Gasteiger partial charge in [0.15, 0.2) is 0 Å². The Hall–Kier alpha value is -3.62. The Morgan fingerprint density at radius 2 is 1.69 bits per heavy atom. The highest BCUT2D eigenvalue weighted by Crippen LogP contribution is 2.50. The summed E-state index contributed by atoms with van der Waals surface area (Å²) in [4.78, 5) is 0. The second-order valence-electron chi connectivity index (χ2n) is 16.6. The minimum atomic E-state index is -0.532. The molecule has 0 aliphatic heterocycles. The van der Waals surface area contributed by atoms with Gasteiger partial charge in [0.2, 0.25) is 0 Å². The van der Waals surface area contributed by atoms with Crippen LogP contribution in [0.2, 0.25) is 0 Å². The summed E-state index contributed by atoms with van der Waals surface area (Å²) in [5.41, 5.74) is 23.4. The first kappa shape index (κ1) is 39.6. The molecule has 4 atom stereocenters. The Morgan fingerprint density at radius 3 is 2.33 bits per heavy atom. The molecule has 0 bridgehead atoms. The molecule has 3 aliphatic carbocycles. The van der Waals surface area contributed by atoms with Gasteiger partial charge in [-0.3, -0.25) is 0 Å². The van der Waals surface area contributed by atoms with E-state index in [1.54, 1.807) is 5.57 Å². The van der Waals surface area contributed by atoms with Crippen molar-refractivity contribution in [1.29, 1.82) is 0 Å². The topological polar surface area (TPSA) is 38.0 Å². The summed E-state index contributed by atoms with van der Waals surface area (Å²) in [5.74, 6) is 1.03. The standard InChI is InChI=1S/C50H68N2/c1-11-41(39-21-15-14-16-22-39)45-31-26-36(7)48(42(45)12-2)52-37(8)44-24-18-17-23-43(44)35(6)20-19-25-47-49(9,13-3)33-32-46(50(47,10)51)40-29-27-38(28-30-40)34(4)5/h15,17-18,21-25,27-30,32,34,37,41,52H,6,11-14,16,19-20,26,31,33,51H2,1-5,7-10H3/b47-25+. The monoisotopic (exact) mass is 697 g/mol. The molecule has 0 fully saturated rings. The molecule has 2 nitrogen and oxygen atoms in total. The van der Waals surface area contributed by atoms with Gasteiger partial charge >= 0.3 is 0 Å². The Balaban J connectivity index is 1.36. The van der Waals surface area contributed by atoms with Crippen molar-refractivity contribution in [3.8, 4) is 0 Å². The largest absolute Gasteiger partial charge is 0.378 e. The second-order valence-corrected chi connectivity index (χ2v) is 16.6. The maximum Gasteiger partial charge on any atom is 0.0604 e. The number of benzene rings is 2. The lowest BCUT2D eigenvalue weighted by molar-refractivity contribution is 0.336. The summed E-state index contributed by atoms with van der Waals surface area (Å²) in [6.45, 7) is 25.5. The van der Waals surface area contributed by atoms with E-state index in [0.29, 0.717) is 11.8 Å². The van der Waals surface area contributed by atoms with Crippen molar-refractivity contribution >= 4 is 11.1 Å². The van der Waals surface area contributed by atoms with Gasteiger partial charge in [0, 0.05) is 17.7 Å². The van der Waals surface area contributed by atoms with Gasteiger partial charge in [-0.05, 0) is 152 Å². The van der Waals surface area contributed by atoms with Crippen molar-refractivity contribution in [3.05, 3.63) is 141 Å². The lowest BCUT2D eigenvalue weighted by atomic mass is 9.61. The smallest absolute Gasteiger partial charge is 0.0604 e. The zero-order chi connectivity index (χ0) is 37.6. The van der Waals surface area contributed by atoms with Gasteiger partial charge in [-0.15, -0.1) is 0 Å².